The third kappa shape index (κ3) is 4.95. The molecule has 1 N–H and O–H groups in total. The van der Waals surface area contributed by atoms with Crippen LogP contribution in [0.3, 0.4) is 0 Å². The summed E-state index contributed by atoms with van der Waals surface area (Å²) in [5.41, 5.74) is 2.45. The number of methoxy groups -OCH3 is 1. The van der Waals surface area contributed by atoms with Crippen molar-refractivity contribution in [2.75, 3.05) is 20.3 Å². The van der Waals surface area contributed by atoms with E-state index >= 15 is 0 Å². The molecule has 0 fully saturated rings. The van der Waals surface area contributed by atoms with Crippen LogP contribution in [-0.2, 0) is 11.3 Å². The van der Waals surface area contributed by atoms with E-state index in [1.165, 1.54) is 11.1 Å². The molecule has 2 rings (SSSR count). The molecule has 0 aliphatic rings. The van der Waals surface area contributed by atoms with E-state index in [2.05, 4.69) is 29.2 Å². The molecule has 3 heteroatoms. The minimum Gasteiger partial charge on any atom is -0.392 e. The van der Waals surface area contributed by atoms with Gasteiger partial charge in [0.25, 0.3) is 0 Å². The third-order valence-electron chi connectivity index (χ3n) is 3.68. The fraction of sp³-hybridized carbons (Fsp3) is 0.368. The number of nitrogens with zero attached hydrogens (tertiary/aromatic N) is 1. The van der Waals surface area contributed by atoms with Crippen LogP contribution in [0.1, 0.15) is 24.1 Å². The molecule has 2 aromatic rings. The number of benzene rings is 2. The number of aliphatic hydroxyl groups excluding tert-OH is 1. The lowest BCUT2D eigenvalue weighted by molar-refractivity contribution is 0.0488. The molecule has 0 radical (unpaired) electrons. The van der Waals surface area contributed by atoms with Crippen molar-refractivity contribution in [1.82, 2.24) is 4.90 Å². The van der Waals surface area contributed by atoms with Gasteiger partial charge in [-0.1, -0.05) is 60.7 Å². The van der Waals surface area contributed by atoms with Crippen LogP contribution < -0.4 is 0 Å². The van der Waals surface area contributed by atoms with Crippen molar-refractivity contribution >= 4 is 0 Å². The Balaban J connectivity index is 2.24. The molecule has 0 spiro atoms. The highest BCUT2D eigenvalue weighted by atomic mass is 16.5. The van der Waals surface area contributed by atoms with Gasteiger partial charge in [0, 0.05) is 20.2 Å². The molecule has 0 unspecified atom stereocenters. The Morgan fingerprint density at radius 2 is 1.59 bits per heavy atom. The first kappa shape index (κ1) is 16.7. The van der Waals surface area contributed by atoms with E-state index in [0.717, 1.165) is 6.54 Å². The van der Waals surface area contributed by atoms with Crippen LogP contribution in [0.2, 0.25) is 0 Å². The number of hydrogen-bond donors (Lipinski definition) is 1. The maximum atomic E-state index is 9.88. The van der Waals surface area contributed by atoms with Crippen molar-refractivity contribution in [1.29, 1.82) is 0 Å². The summed E-state index contributed by atoms with van der Waals surface area (Å²) in [6.07, 6.45) is -0.383. The van der Waals surface area contributed by atoms with Crippen molar-refractivity contribution < 1.29 is 9.84 Å². The van der Waals surface area contributed by atoms with E-state index in [1.807, 2.05) is 43.3 Å². The number of rotatable bonds is 8. The molecule has 0 aliphatic heterocycles. The second-order valence-electron chi connectivity index (χ2n) is 5.65. The van der Waals surface area contributed by atoms with E-state index in [0.29, 0.717) is 13.2 Å². The summed E-state index contributed by atoms with van der Waals surface area (Å²) < 4.78 is 5.44. The van der Waals surface area contributed by atoms with Gasteiger partial charge in [-0.05, 0) is 18.1 Å². The summed E-state index contributed by atoms with van der Waals surface area (Å²) in [4.78, 5) is 2.28. The minimum absolute atomic E-state index is 0.126. The summed E-state index contributed by atoms with van der Waals surface area (Å²) in [7, 11) is 1.72. The lowest BCUT2D eigenvalue weighted by Crippen LogP contribution is -2.36. The molecule has 3 nitrogen and oxygen atoms in total. The first-order valence-electron chi connectivity index (χ1n) is 7.70. The quantitative estimate of drug-likeness (QED) is 0.812. The highest BCUT2D eigenvalue weighted by molar-refractivity contribution is 5.20. The minimum atomic E-state index is -0.383. The summed E-state index contributed by atoms with van der Waals surface area (Å²) in [5.74, 6) is 0. The average Bonchev–Trinajstić information content (AvgIpc) is 2.53. The van der Waals surface area contributed by atoms with Crippen LogP contribution in [0.15, 0.2) is 60.7 Å². The Morgan fingerprint density at radius 3 is 2.14 bits per heavy atom. The van der Waals surface area contributed by atoms with Gasteiger partial charge in [0.05, 0.1) is 18.8 Å². The molecule has 2 atom stereocenters. The van der Waals surface area contributed by atoms with Crippen molar-refractivity contribution in [3.63, 3.8) is 0 Å². The average molecular weight is 299 g/mol. The van der Waals surface area contributed by atoms with Crippen molar-refractivity contribution in [3.8, 4) is 0 Å². The zero-order chi connectivity index (χ0) is 15.8. The first-order chi connectivity index (χ1) is 10.7. The Kier molecular flexibility index (Phi) is 6.59. The van der Waals surface area contributed by atoms with E-state index in [4.69, 9.17) is 4.74 Å². The summed E-state index contributed by atoms with van der Waals surface area (Å²) >= 11 is 0. The second kappa shape index (κ2) is 8.69. The highest BCUT2D eigenvalue weighted by Gasteiger charge is 2.21. The van der Waals surface area contributed by atoms with Gasteiger partial charge >= 0.3 is 0 Å². The standard InChI is InChI=1S/C19H25NO2/c1-16(21)13-20(14-17-9-5-3-6-10-17)19(15-22-2)18-11-7-4-8-12-18/h3-12,16,19,21H,13-15H2,1-2H3/t16-,19+/m1/s1. The molecule has 0 aromatic heterocycles. The van der Waals surface area contributed by atoms with Gasteiger partial charge in [-0.15, -0.1) is 0 Å². The Morgan fingerprint density at radius 1 is 1.00 bits per heavy atom. The monoisotopic (exact) mass is 299 g/mol. The number of hydrogen-bond acceptors (Lipinski definition) is 3. The smallest absolute Gasteiger partial charge is 0.0659 e. The van der Waals surface area contributed by atoms with Gasteiger partial charge in [0.15, 0.2) is 0 Å². The fourth-order valence-corrected chi connectivity index (χ4v) is 2.70. The van der Waals surface area contributed by atoms with Gasteiger partial charge in [0.2, 0.25) is 0 Å². The highest BCUT2D eigenvalue weighted by Crippen LogP contribution is 2.23. The van der Waals surface area contributed by atoms with Crippen LogP contribution in [0, 0.1) is 0 Å². The summed E-state index contributed by atoms with van der Waals surface area (Å²) in [5, 5.41) is 9.88. The van der Waals surface area contributed by atoms with Gasteiger partial charge < -0.3 is 9.84 Å². The predicted octanol–water partition coefficient (Wildman–Crippen LogP) is 3.26. The van der Waals surface area contributed by atoms with Crippen LogP contribution >= 0.6 is 0 Å². The summed E-state index contributed by atoms with van der Waals surface area (Å²) in [6.45, 7) is 3.82. The van der Waals surface area contributed by atoms with Gasteiger partial charge in [-0.25, -0.2) is 0 Å². The number of ether oxygens (including phenoxy) is 1. The van der Waals surface area contributed by atoms with E-state index in [9.17, 15) is 5.11 Å². The normalized spacial score (nSPS) is 14.0. The fourth-order valence-electron chi connectivity index (χ4n) is 2.70. The lowest BCUT2D eigenvalue weighted by atomic mass is 10.0. The summed E-state index contributed by atoms with van der Waals surface area (Å²) in [6, 6.07) is 20.8. The van der Waals surface area contributed by atoms with Crippen LogP contribution in [0.25, 0.3) is 0 Å². The topological polar surface area (TPSA) is 32.7 Å². The first-order valence-corrected chi connectivity index (χ1v) is 7.70. The van der Waals surface area contributed by atoms with E-state index < -0.39 is 0 Å². The Labute approximate surface area is 133 Å². The molecule has 0 aliphatic carbocycles. The second-order valence-corrected chi connectivity index (χ2v) is 5.65. The van der Waals surface area contributed by atoms with Crippen molar-refractivity contribution in [2.45, 2.75) is 25.6 Å². The van der Waals surface area contributed by atoms with E-state index in [1.54, 1.807) is 7.11 Å². The molecule has 0 saturated heterocycles. The third-order valence-corrected chi connectivity index (χ3v) is 3.68. The molecule has 2 aromatic carbocycles. The Hall–Kier alpha value is -1.68. The molecule has 0 saturated carbocycles. The zero-order valence-corrected chi connectivity index (χ0v) is 13.4. The Bertz CT molecular complexity index is 528. The zero-order valence-electron chi connectivity index (χ0n) is 13.4. The van der Waals surface area contributed by atoms with Crippen LogP contribution in [0.5, 0.6) is 0 Å². The van der Waals surface area contributed by atoms with Crippen molar-refractivity contribution in [2.24, 2.45) is 0 Å². The lowest BCUT2D eigenvalue weighted by Gasteiger charge is -2.32. The predicted molar refractivity (Wildman–Crippen MR) is 89.6 cm³/mol. The van der Waals surface area contributed by atoms with Crippen LogP contribution in [0.4, 0.5) is 0 Å². The maximum Gasteiger partial charge on any atom is 0.0659 e. The molecule has 118 valence electrons. The maximum absolute atomic E-state index is 9.88. The van der Waals surface area contributed by atoms with E-state index in [-0.39, 0.29) is 12.1 Å². The molecule has 0 heterocycles. The molecule has 0 bridgehead atoms. The molecular weight excluding hydrogens is 274 g/mol. The number of aliphatic hydroxyl groups is 1. The molecule has 0 amide bonds. The molecular formula is C19H25NO2. The SMILES string of the molecule is COC[C@@H](c1ccccc1)N(Cc1ccccc1)C[C@@H](C)O. The largest absolute Gasteiger partial charge is 0.392 e. The van der Waals surface area contributed by atoms with Crippen LogP contribution in [-0.4, -0.2) is 36.4 Å². The van der Waals surface area contributed by atoms with Crippen molar-refractivity contribution in [3.05, 3.63) is 71.8 Å². The van der Waals surface area contributed by atoms with Gasteiger partial charge in [0.1, 0.15) is 0 Å². The molecule has 22 heavy (non-hydrogen) atoms. The van der Waals surface area contributed by atoms with Gasteiger partial charge in [-0.3, -0.25) is 4.90 Å². The van der Waals surface area contributed by atoms with Gasteiger partial charge in [-0.2, -0.15) is 0 Å².